The lowest BCUT2D eigenvalue weighted by molar-refractivity contribution is 0.801. The molecule has 0 bridgehead atoms. The lowest BCUT2D eigenvalue weighted by atomic mass is 10.0. The van der Waals surface area contributed by atoms with Crippen LogP contribution in [0, 0.1) is 0 Å². The first kappa shape index (κ1) is 13.6. The number of rotatable bonds is 6. The normalized spacial score (nSPS) is 10.4. The first-order valence-corrected chi connectivity index (χ1v) is 6.92. The van der Waals surface area contributed by atoms with Crippen LogP contribution < -0.4 is 10.6 Å². The zero-order chi connectivity index (χ0) is 13.5. The summed E-state index contributed by atoms with van der Waals surface area (Å²) in [6.07, 6.45) is 1.04. The third-order valence-corrected chi connectivity index (χ3v) is 3.49. The van der Waals surface area contributed by atoms with Gasteiger partial charge >= 0.3 is 0 Å². The molecule has 0 saturated carbocycles. The van der Waals surface area contributed by atoms with Crippen molar-refractivity contribution in [1.29, 1.82) is 0 Å². The number of para-hydroxylation sites is 1. The van der Waals surface area contributed by atoms with E-state index < -0.39 is 0 Å². The average Bonchev–Trinajstić information content (AvgIpc) is 2.49. The maximum Gasteiger partial charge on any atom is 0.0366 e. The van der Waals surface area contributed by atoms with Gasteiger partial charge in [0.05, 0.1) is 0 Å². The molecular weight excluding hydrogens is 232 g/mol. The minimum atomic E-state index is 0.619. The first-order valence-electron chi connectivity index (χ1n) is 6.92. The second-order valence-corrected chi connectivity index (χ2v) is 4.64. The summed E-state index contributed by atoms with van der Waals surface area (Å²) in [5, 5.41) is 0. The molecule has 0 aliphatic heterocycles. The van der Waals surface area contributed by atoms with Crippen molar-refractivity contribution >= 4 is 5.69 Å². The molecule has 19 heavy (non-hydrogen) atoms. The number of benzene rings is 2. The second kappa shape index (κ2) is 6.95. The van der Waals surface area contributed by atoms with Gasteiger partial charge in [0.15, 0.2) is 0 Å². The van der Waals surface area contributed by atoms with Crippen LogP contribution in [0.15, 0.2) is 54.6 Å². The Kier molecular flexibility index (Phi) is 4.99. The molecule has 0 unspecified atom stereocenters. The first-order chi connectivity index (χ1) is 9.35. The average molecular weight is 254 g/mol. The molecule has 2 rings (SSSR count). The van der Waals surface area contributed by atoms with Gasteiger partial charge in [-0.3, -0.25) is 0 Å². The highest BCUT2D eigenvalue weighted by Gasteiger charge is 2.05. The molecule has 2 nitrogen and oxygen atoms in total. The van der Waals surface area contributed by atoms with E-state index in [-0.39, 0.29) is 0 Å². The third-order valence-electron chi connectivity index (χ3n) is 3.49. The summed E-state index contributed by atoms with van der Waals surface area (Å²) >= 11 is 0. The van der Waals surface area contributed by atoms with E-state index in [1.54, 1.807) is 0 Å². The van der Waals surface area contributed by atoms with Crippen LogP contribution in [0.25, 0.3) is 0 Å². The number of hydrogen-bond acceptors (Lipinski definition) is 2. The Morgan fingerprint density at radius 1 is 0.895 bits per heavy atom. The Balaban J connectivity index is 2.04. The van der Waals surface area contributed by atoms with Crippen molar-refractivity contribution in [2.24, 2.45) is 5.73 Å². The van der Waals surface area contributed by atoms with Gasteiger partial charge in [0.1, 0.15) is 0 Å². The zero-order valence-corrected chi connectivity index (χ0v) is 11.5. The summed E-state index contributed by atoms with van der Waals surface area (Å²) in [6, 6.07) is 19.0. The van der Waals surface area contributed by atoms with Crippen LogP contribution in [-0.2, 0) is 13.0 Å². The van der Waals surface area contributed by atoms with Crippen molar-refractivity contribution in [3.05, 3.63) is 65.7 Å². The van der Waals surface area contributed by atoms with Gasteiger partial charge < -0.3 is 10.6 Å². The van der Waals surface area contributed by atoms with E-state index in [9.17, 15) is 0 Å². The molecular formula is C17H22N2. The lowest BCUT2D eigenvalue weighted by Gasteiger charge is -2.23. The fourth-order valence-corrected chi connectivity index (χ4v) is 2.36. The van der Waals surface area contributed by atoms with Crippen LogP contribution in [0.3, 0.4) is 0 Å². The number of likely N-dealkylation sites (N-methyl/N-ethyl adjacent to an activating group) is 1. The predicted molar refractivity (Wildman–Crippen MR) is 82.4 cm³/mol. The van der Waals surface area contributed by atoms with Gasteiger partial charge in [-0.05, 0) is 36.6 Å². The maximum absolute atomic E-state index is 5.79. The molecule has 0 radical (unpaired) electrons. The lowest BCUT2D eigenvalue weighted by Crippen LogP contribution is -2.25. The van der Waals surface area contributed by atoms with Crippen LogP contribution in [0.1, 0.15) is 18.1 Å². The minimum Gasteiger partial charge on any atom is -0.371 e. The number of anilines is 1. The van der Waals surface area contributed by atoms with Crippen molar-refractivity contribution in [1.82, 2.24) is 0 Å². The van der Waals surface area contributed by atoms with Gasteiger partial charge in [-0.25, -0.2) is 0 Å². The number of nitrogens with zero attached hydrogens (tertiary/aromatic N) is 1. The highest BCUT2D eigenvalue weighted by Crippen LogP contribution is 2.15. The Labute approximate surface area is 115 Å². The van der Waals surface area contributed by atoms with Crippen molar-refractivity contribution < 1.29 is 0 Å². The van der Waals surface area contributed by atoms with E-state index in [4.69, 9.17) is 5.73 Å². The van der Waals surface area contributed by atoms with Gasteiger partial charge in [0, 0.05) is 25.3 Å². The molecule has 100 valence electrons. The van der Waals surface area contributed by atoms with E-state index in [1.807, 2.05) is 0 Å². The van der Waals surface area contributed by atoms with Crippen LogP contribution >= 0.6 is 0 Å². The van der Waals surface area contributed by atoms with Gasteiger partial charge in [0.25, 0.3) is 0 Å². The topological polar surface area (TPSA) is 29.3 Å². The molecule has 0 spiro atoms. The minimum absolute atomic E-state index is 0.619. The molecule has 0 saturated heterocycles. The van der Waals surface area contributed by atoms with E-state index >= 15 is 0 Å². The third kappa shape index (κ3) is 3.58. The molecule has 0 aliphatic rings. The molecule has 2 aromatic rings. The van der Waals surface area contributed by atoms with E-state index in [1.165, 1.54) is 16.8 Å². The standard InChI is InChI=1S/C17H22N2/c1-2-19(17-10-4-3-5-11-17)13-12-15-8-6-7-9-16(15)14-18/h3-11H,2,12-14,18H2,1H3. The monoisotopic (exact) mass is 254 g/mol. The Bertz CT molecular complexity index is 494. The van der Waals surface area contributed by atoms with Gasteiger partial charge in [-0.2, -0.15) is 0 Å². The highest BCUT2D eigenvalue weighted by molar-refractivity contribution is 5.46. The quantitative estimate of drug-likeness (QED) is 0.857. The SMILES string of the molecule is CCN(CCc1ccccc1CN)c1ccccc1. The summed E-state index contributed by atoms with van der Waals surface area (Å²) in [5.41, 5.74) is 9.69. The summed E-state index contributed by atoms with van der Waals surface area (Å²) in [7, 11) is 0. The predicted octanol–water partition coefficient (Wildman–Crippen LogP) is 3.21. The van der Waals surface area contributed by atoms with Crippen LogP contribution in [-0.4, -0.2) is 13.1 Å². The molecule has 2 N–H and O–H groups in total. The second-order valence-electron chi connectivity index (χ2n) is 4.64. The van der Waals surface area contributed by atoms with Gasteiger partial charge in [-0.1, -0.05) is 42.5 Å². The van der Waals surface area contributed by atoms with Crippen molar-refractivity contribution in [3.8, 4) is 0 Å². The molecule has 2 heteroatoms. The summed E-state index contributed by atoms with van der Waals surface area (Å²) in [6.45, 7) is 4.86. The maximum atomic E-state index is 5.79. The molecule has 0 heterocycles. The highest BCUT2D eigenvalue weighted by atomic mass is 15.1. The largest absolute Gasteiger partial charge is 0.371 e. The fraction of sp³-hybridized carbons (Fsp3) is 0.294. The van der Waals surface area contributed by atoms with Crippen LogP contribution in [0.4, 0.5) is 5.69 Å². The van der Waals surface area contributed by atoms with E-state index in [2.05, 4.69) is 66.4 Å². The molecule has 0 amide bonds. The Hall–Kier alpha value is -1.80. The van der Waals surface area contributed by atoms with E-state index in [0.717, 1.165) is 19.5 Å². The van der Waals surface area contributed by atoms with E-state index in [0.29, 0.717) is 6.54 Å². The summed E-state index contributed by atoms with van der Waals surface area (Å²) in [4.78, 5) is 2.40. The Morgan fingerprint density at radius 3 is 2.16 bits per heavy atom. The molecule has 0 fully saturated rings. The number of nitrogens with two attached hydrogens (primary N) is 1. The molecule has 0 aliphatic carbocycles. The van der Waals surface area contributed by atoms with Crippen molar-refractivity contribution in [3.63, 3.8) is 0 Å². The molecule has 0 aromatic heterocycles. The summed E-state index contributed by atoms with van der Waals surface area (Å²) < 4.78 is 0. The number of hydrogen-bond donors (Lipinski definition) is 1. The van der Waals surface area contributed by atoms with Crippen molar-refractivity contribution in [2.45, 2.75) is 19.9 Å². The van der Waals surface area contributed by atoms with Crippen LogP contribution in [0.5, 0.6) is 0 Å². The summed E-state index contributed by atoms with van der Waals surface area (Å²) in [5.74, 6) is 0. The zero-order valence-electron chi connectivity index (χ0n) is 11.5. The van der Waals surface area contributed by atoms with Gasteiger partial charge in [-0.15, -0.1) is 0 Å². The van der Waals surface area contributed by atoms with Crippen LogP contribution in [0.2, 0.25) is 0 Å². The molecule has 0 atom stereocenters. The van der Waals surface area contributed by atoms with Crippen molar-refractivity contribution in [2.75, 3.05) is 18.0 Å². The smallest absolute Gasteiger partial charge is 0.0366 e. The molecule has 2 aromatic carbocycles. The van der Waals surface area contributed by atoms with Gasteiger partial charge in [0.2, 0.25) is 0 Å². The Morgan fingerprint density at radius 2 is 1.53 bits per heavy atom. The fourth-order valence-electron chi connectivity index (χ4n) is 2.36.